The van der Waals surface area contributed by atoms with Gasteiger partial charge >= 0.3 is 29.6 Å². The van der Waals surface area contributed by atoms with Crippen molar-refractivity contribution in [3.05, 3.63) is 28.2 Å². The van der Waals surface area contributed by atoms with Gasteiger partial charge in [0.05, 0.1) is 14.9 Å². The van der Waals surface area contributed by atoms with E-state index in [4.69, 9.17) is 27.8 Å². The summed E-state index contributed by atoms with van der Waals surface area (Å²) >= 11 is 9.12. The second kappa shape index (κ2) is 5.60. The minimum absolute atomic E-state index is 0. The second-order valence-electron chi connectivity index (χ2n) is 1.80. The van der Waals surface area contributed by atoms with Crippen LogP contribution in [0.4, 0.5) is 0 Å². The predicted octanol–water partition coefficient (Wildman–Crippen LogP) is -0.309. The molecule has 1 aromatic rings. The Morgan fingerprint density at radius 3 is 2.42 bits per heavy atom. The van der Waals surface area contributed by atoms with Crippen molar-refractivity contribution in [2.75, 3.05) is 0 Å². The molecule has 0 spiro atoms. The molecule has 1 aromatic carbocycles. The summed E-state index contributed by atoms with van der Waals surface area (Å²) < 4.78 is 19.2. The van der Waals surface area contributed by atoms with E-state index in [-0.39, 0.29) is 45.9 Å². The predicted molar refractivity (Wildman–Crippen MR) is 46.6 cm³/mol. The van der Waals surface area contributed by atoms with Crippen molar-refractivity contribution in [1.29, 1.82) is 0 Å². The standard InChI is InChI=1S/C6H4Cl2O2S.Na.H/c7-4-2-1-3-5(6(4)8)11(9)10;;/h1-3H,(H,9,10);;/q;+1;-1. The van der Waals surface area contributed by atoms with Crippen molar-refractivity contribution < 1.29 is 39.7 Å². The average Bonchev–Trinajstić information content (AvgIpc) is 1.94. The Morgan fingerprint density at radius 1 is 1.42 bits per heavy atom. The van der Waals surface area contributed by atoms with E-state index in [2.05, 4.69) is 0 Å². The summed E-state index contributed by atoms with van der Waals surface area (Å²) in [4.78, 5) is 0.138. The van der Waals surface area contributed by atoms with Gasteiger partial charge in [-0.15, -0.1) is 0 Å². The van der Waals surface area contributed by atoms with Crippen LogP contribution >= 0.6 is 23.2 Å². The molecule has 0 heterocycles. The van der Waals surface area contributed by atoms with Gasteiger partial charge in [0.1, 0.15) is 0 Å². The molecule has 0 saturated heterocycles. The van der Waals surface area contributed by atoms with Crippen LogP contribution in [-0.2, 0) is 11.1 Å². The maximum atomic E-state index is 10.5. The molecule has 0 fully saturated rings. The van der Waals surface area contributed by atoms with Crippen molar-refractivity contribution >= 4 is 34.3 Å². The molecule has 2 nitrogen and oxygen atoms in total. The summed E-state index contributed by atoms with van der Waals surface area (Å²) in [7, 11) is 0. The average molecular weight is 235 g/mol. The quantitative estimate of drug-likeness (QED) is 0.535. The van der Waals surface area contributed by atoms with E-state index in [1.54, 1.807) is 12.1 Å². The fourth-order valence-electron chi connectivity index (χ4n) is 0.619. The first-order valence-corrected chi connectivity index (χ1v) is 4.54. The van der Waals surface area contributed by atoms with Crippen LogP contribution in [0, 0.1) is 0 Å². The molecule has 0 aliphatic heterocycles. The van der Waals surface area contributed by atoms with Gasteiger partial charge < -0.3 is 5.98 Å². The Labute approximate surface area is 106 Å². The first-order valence-electron chi connectivity index (χ1n) is 2.68. The van der Waals surface area contributed by atoms with E-state index >= 15 is 0 Å². The molecule has 0 saturated carbocycles. The van der Waals surface area contributed by atoms with E-state index in [1.807, 2.05) is 0 Å². The zero-order chi connectivity index (χ0) is 8.43. The van der Waals surface area contributed by atoms with Gasteiger partial charge in [-0.1, -0.05) is 29.3 Å². The monoisotopic (exact) mass is 234 g/mol. The molecule has 6 heteroatoms. The Hall–Kier alpha value is 0.910. The second-order valence-corrected chi connectivity index (χ2v) is 3.52. The maximum Gasteiger partial charge on any atom is 1.00 e. The van der Waals surface area contributed by atoms with Crippen LogP contribution < -0.4 is 29.6 Å². The van der Waals surface area contributed by atoms with Crippen LogP contribution in [0.15, 0.2) is 23.1 Å². The molecule has 0 aliphatic rings. The largest absolute Gasteiger partial charge is 1.00 e. The third-order valence-corrected chi connectivity index (χ3v) is 2.75. The zero-order valence-corrected chi connectivity index (χ0v) is 10.6. The van der Waals surface area contributed by atoms with Crippen molar-refractivity contribution in [2.24, 2.45) is 0 Å². The van der Waals surface area contributed by atoms with Gasteiger partial charge in [0.15, 0.2) is 11.1 Å². The van der Waals surface area contributed by atoms with Gasteiger partial charge in [0.25, 0.3) is 0 Å². The summed E-state index contributed by atoms with van der Waals surface area (Å²) in [5.74, 6) is 0. The molecule has 0 radical (unpaired) electrons. The molecule has 62 valence electrons. The molecular formula is C6H5Cl2NaO2S. The van der Waals surface area contributed by atoms with E-state index in [0.717, 1.165) is 0 Å². The van der Waals surface area contributed by atoms with Crippen LogP contribution in [0.1, 0.15) is 1.43 Å². The Kier molecular flexibility index (Phi) is 6.03. The van der Waals surface area contributed by atoms with Crippen molar-refractivity contribution in [1.82, 2.24) is 0 Å². The minimum Gasteiger partial charge on any atom is -1.00 e. The molecule has 0 aromatic heterocycles. The Balaban J connectivity index is 0. The number of benzene rings is 1. The van der Waals surface area contributed by atoms with E-state index in [0.29, 0.717) is 0 Å². The zero-order valence-electron chi connectivity index (χ0n) is 7.25. The molecule has 1 unspecified atom stereocenters. The first kappa shape index (κ1) is 12.9. The van der Waals surface area contributed by atoms with Crippen molar-refractivity contribution in [2.45, 2.75) is 4.90 Å². The fourth-order valence-corrected chi connectivity index (χ4v) is 1.63. The van der Waals surface area contributed by atoms with Crippen LogP contribution in [0.5, 0.6) is 0 Å². The van der Waals surface area contributed by atoms with E-state index in [9.17, 15) is 4.21 Å². The summed E-state index contributed by atoms with van der Waals surface area (Å²) in [6.07, 6.45) is 0. The summed E-state index contributed by atoms with van der Waals surface area (Å²) in [6.45, 7) is 0. The van der Waals surface area contributed by atoms with E-state index in [1.165, 1.54) is 6.07 Å². The summed E-state index contributed by atoms with van der Waals surface area (Å²) in [5.41, 5.74) is 0. The minimum atomic E-state index is -2.07. The van der Waals surface area contributed by atoms with Gasteiger partial charge in [0, 0.05) is 0 Å². The number of hydrogen-bond acceptors (Lipinski definition) is 1. The van der Waals surface area contributed by atoms with Crippen LogP contribution in [0.2, 0.25) is 10.0 Å². The third-order valence-electron chi connectivity index (χ3n) is 1.10. The van der Waals surface area contributed by atoms with E-state index < -0.39 is 11.1 Å². The Bertz CT molecular complexity index is 311. The topological polar surface area (TPSA) is 37.3 Å². The summed E-state index contributed by atoms with van der Waals surface area (Å²) in [6, 6.07) is 4.57. The van der Waals surface area contributed by atoms with Gasteiger partial charge in [-0.3, -0.25) is 0 Å². The van der Waals surface area contributed by atoms with Crippen LogP contribution in [-0.4, -0.2) is 8.76 Å². The van der Waals surface area contributed by atoms with Crippen LogP contribution in [0.3, 0.4) is 0 Å². The molecule has 1 atom stereocenters. The number of hydrogen-bond donors (Lipinski definition) is 1. The molecule has 1 rings (SSSR count). The maximum absolute atomic E-state index is 10.5. The first-order chi connectivity index (χ1) is 5.13. The Morgan fingerprint density at radius 2 is 2.00 bits per heavy atom. The molecule has 1 N–H and O–H groups in total. The van der Waals surface area contributed by atoms with Gasteiger partial charge in [-0.2, -0.15) is 0 Å². The van der Waals surface area contributed by atoms with Crippen molar-refractivity contribution in [3.63, 3.8) is 0 Å². The normalized spacial score (nSPS) is 11.9. The SMILES string of the molecule is O=S(O)c1cccc(Cl)c1Cl.[H-].[Na+]. The molecule has 0 bridgehead atoms. The molecule has 0 amide bonds. The smallest absolute Gasteiger partial charge is 1.00 e. The number of rotatable bonds is 1. The van der Waals surface area contributed by atoms with Crippen molar-refractivity contribution in [3.8, 4) is 0 Å². The summed E-state index contributed by atoms with van der Waals surface area (Å²) in [5, 5.41) is 0.418. The van der Waals surface area contributed by atoms with Crippen LogP contribution in [0.25, 0.3) is 0 Å². The van der Waals surface area contributed by atoms with Gasteiger partial charge in [0.2, 0.25) is 0 Å². The van der Waals surface area contributed by atoms with Gasteiger partial charge in [-0.05, 0) is 12.1 Å². The molecule has 12 heavy (non-hydrogen) atoms. The molecular weight excluding hydrogens is 230 g/mol. The number of halogens is 2. The molecule has 0 aliphatic carbocycles. The fraction of sp³-hybridized carbons (Fsp3) is 0. The van der Waals surface area contributed by atoms with Gasteiger partial charge in [-0.25, -0.2) is 4.21 Å². The third kappa shape index (κ3) is 3.00.